The van der Waals surface area contributed by atoms with Gasteiger partial charge in [0.2, 0.25) is 0 Å². The molecule has 0 bridgehead atoms. The van der Waals surface area contributed by atoms with Crippen LogP contribution in [0, 0.1) is 6.92 Å². The molecule has 26 heavy (non-hydrogen) atoms. The van der Waals surface area contributed by atoms with Crippen molar-refractivity contribution < 1.29 is 4.79 Å². The zero-order chi connectivity index (χ0) is 17.9. The maximum atomic E-state index is 12.0. The van der Waals surface area contributed by atoms with Crippen LogP contribution in [0.2, 0.25) is 0 Å². The number of thiazole rings is 1. The van der Waals surface area contributed by atoms with Gasteiger partial charge in [-0.15, -0.1) is 11.3 Å². The summed E-state index contributed by atoms with van der Waals surface area (Å²) in [6, 6.07) is 10.2. The van der Waals surface area contributed by atoms with Crippen molar-refractivity contribution >= 4 is 43.9 Å². The molecule has 3 aromatic rings. The van der Waals surface area contributed by atoms with Crippen LogP contribution in [0.5, 0.6) is 0 Å². The number of piperazine rings is 1. The average molecular weight is 387 g/mol. The van der Waals surface area contributed by atoms with Crippen molar-refractivity contribution in [1.29, 1.82) is 0 Å². The molecule has 0 unspecified atom stereocenters. The van der Waals surface area contributed by atoms with Crippen molar-refractivity contribution in [3.05, 3.63) is 46.2 Å². The van der Waals surface area contributed by atoms with Crippen molar-refractivity contribution in [3.63, 3.8) is 0 Å². The van der Waals surface area contributed by atoms with Gasteiger partial charge in [-0.25, -0.2) is 4.98 Å². The van der Waals surface area contributed by atoms with Gasteiger partial charge in [-0.2, -0.15) is 0 Å². The summed E-state index contributed by atoms with van der Waals surface area (Å²) >= 11 is 3.26. The molecular formula is C19H22N4OS2. The Kier molecular flexibility index (Phi) is 5.19. The molecule has 1 saturated heterocycles. The van der Waals surface area contributed by atoms with Gasteiger partial charge in [0.1, 0.15) is 0 Å². The van der Waals surface area contributed by atoms with Crippen LogP contribution < -0.4 is 10.2 Å². The number of nitrogens with zero attached hydrogens (tertiary/aromatic N) is 3. The third-order valence-electron chi connectivity index (χ3n) is 4.63. The number of thiophene rings is 1. The Morgan fingerprint density at radius 2 is 2.08 bits per heavy atom. The number of hydrogen-bond donors (Lipinski definition) is 1. The first-order chi connectivity index (χ1) is 12.7. The topological polar surface area (TPSA) is 48.5 Å². The van der Waals surface area contributed by atoms with Crippen molar-refractivity contribution in [3.8, 4) is 0 Å². The lowest BCUT2D eigenvalue weighted by atomic mass is 10.2. The fraction of sp³-hybridized carbons (Fsp3) is 0.368. The fourth-order valence-corrected chi connectivity index (χ4v) is 4.90. The maximum Gasteiger partial charge on any atom is 0.261 e. The summed E-state index contributed by atoms with van der Waals surface area (Å²) in [4.78, 5) is 22.3. The van der Waals surface area contributed by atoms with Crippen LogP contribution in [-0.2, 0) is 0 Å². The molecule has 0 saturated carbocycles. The number of carbonyl (C=O) groups excluding carboxylic acids is 1. The van der Waals surface area contributed by atoms with Gasteiger partial charge in [-0.1, -0.05) is 23.5 Å². The van der Waals surface area contributed by atoms with Gasteiger partial charge < -0.3 is 10.2 Å². The second-order valence-electron chi connectivity index (χ2n) is 6.53. The van der Waals surface area contributed by atoms with E-state index in [0.29, 0.717) is 6.54 Å². The first kappa shape index (κ1) is 17.5. The standard InChI is InChI=1S/C19H22N4OS2/c1-14-4-5-15-17(13-14)26-19(21-15)23-10-8-22(9-11-23)7-6-20-18(24)16-3-2-12-25-16/h2-5,12-13H,6-11H2,1H3,(H,20,24). The van der Waals surface area contributed by atoms with Crippen LogP contribution in [0.15, 0.2) is 35.7 Å². The summed E-state index contributed by atoms with van der Waals surface area (Å²) in [5.41, 5.74) is 2.37. The van der Waals surface area contributed by atoms with Gasteiger partial charge in [-0.05, 0) is 36.1 Å². The van der Waals surface area contributed by atoms with E-state index in [1.807, 2.05) is 17.5 Å². The van der Waals surface area contributed by atoms with Crippen molar-refractivity contribution in [2.75, 3.05) is 44.2 Å². The fourth-order valence-electron chi connectivity index (χ4n) is 3.14. The van der Waals surface area contributed by atoms with E-state index in [0.717, 1.165) is 48.2 Å². The second kappa shape index (κ2) is 7.73. The van der Waals surface area contributed by atoms with Crippen LogP contribution in [0.1, 0.15) is 15.2 Å². The van der Waals surface area contributed by atoms with E-state index in [2.05, 4.69) is 40.2 Å². The summed E-state index contributed by atoms with van der Waals surface area (Å²) in [7, 11) is 0. The molecule has 0 spiro atoms. The zero-order valence-corrected chi connectivity index (χ0v) is 16.4. The number of hydrogen-bond acceptors (Lipinski definition) is 6. The molecule has 1 aromatic carbocycles. The van der Waals surface area contributed by atoms with Gasteiger partial charge in [-0.3, -0.25) is 9.69 Å². The molecule has 136 valence electrons. The third kappa shape index (κ3) is 3.90. The predicted octanol–water partition coefficient (Wildman–Crippen LogP) is 3.22. The van der Waals surface area contributed by atoms with Gasteiger partial charge in [0.25, 0.3) is 5.91 Å². The lowest BCUT2D eigenvalue weighted by Crippen LogP contribution is -2.48. The highest BCUT2D eigenvalue weighted by atomic mass is 32.1. The highest BCUT2D eigenvalue weighted by molar-refractivity contribution is 7.22. The molecule has 0 atom stereocenters. The lowest BCUT2D eigenvalue weighted by Gasteiger charge is -2.34. The molecule has 4 rings (SSSR count). The summed E-state index contributed by atoms with van der Waals surface area (Å²) in [6.45, 7) is 7.68. The Morgan fingerprint density at radius 3 is 2.85 bits per heavy atom. The number of carbonyl (C=O) groups is 1. The molecule has 1 fully saturated rings. The Labute approximate surface area is 161 Å². The van der Waals surface area contributed by atoms with Crippen molar-refractivity contribution in [2.24, 2.45) is 0 Å². The minimum absolute atomic E-state index is 0.0309. The number of fused-ring (bicyclic) bond motifs is 1. The van der Waals surface area contributed by atoms with Crippen molar-refractivity contribution in [2.45, 2.75) is 6.92 Å². The molecule has 1 aliphatic rings. The zero-order valence-electron chi connectivity index (χ0n) is 14.8. The van der Waals surface area contributed by atoms with E-state index < -0.39 is 0 Å². The molecule has 0 radical (unpaired) electrons. The SMILES string of the molecule is Cc1ccc2nc(N3CCN(CCNC(=O)c4cccs4)CC3)sc2c1. The van der Waals surface area contributed by atoms with Crippen LogP contribution in [0.4, 0.5) is 5.13 Å². The summed E-state index contributed by atoms with van der Waals surface area (Å²) in [6.07, 6.45) is 0. The van der Waals surface area contributed by atoms with Gasteiger partial charge >= 0.3 is 0 Å². The van der Waals surface area contributed by atoms with Crippen LogP contribution in [0.25, 0.3) is 10.2 Å². The molecule has 1 aliphatic heterocycles. The Balaban J connectivity index is 1.26. The molecule has 1 N–H and O–H groups in total. The first-order valence-corrected chi connectivity index (χ1v) is 10.5. The third-order valence-corrected chi connectivity index (χ3v) is 6.58. The molecule has 3 heterocycles. The van der Waals surface area contributed by atoms with E-state index in [1.54, 1.807) is 11.3 Å². The lowest BCUT2D eigenvalue weighted by molar-refractivity contribution is 0.0952. The number of anilines is 1. The quantitative estimate of drug-likeness (QED) is 0.731. The highest BCUT2D eigenvalue weighted by Gasteiger charge is 2.19. The number of rotatable bonds is 5. The Morgan fingerprint density at radius 1 is 1.23 bits per heavy atom. The summed E-state index contributed by atoms with van der Waals surface area (Å²) < 4.78 is 1.26. The normalized spacial score (nSPS) is 15.5. The van der Waals surface area contributed by atoms with Gasteiger partial charge in [0.05, 0.1) is 15.1 Å². The molecular weight excluding hydrogens is 364 g/mol. The maximum absolute atomic E-state index is 12.0. The van der Waals surface area contributed by atoms with Crippen LogP contribution in [0.3, 0.4) is 0 Å². The number of aryl methyl sites for hydroxylation is 1. The second-order valence-corrected chi connectivity index (χ2v) is 8.49. The van der Waals surface area contributed by atoms with E-state index in [4.69, 9.17) is 4.98 Å². The molecule has 7 heteroatoms. The monoisotopic (exact) mass is 386 g/mol. The Bertz CT molecular complexity index is 882. The van der Waals surface area contributed by atoms with Crippen molar-refractivity contribution in [1.82, 2.24) is 15.2 Å². The van der Waals surface area contributed by atoms with E-state index >= 15 is 0 Å². The van der Waals surface area contributed by atoms with Crippen LogP contribution >= 0.6 is 22.7 Å². The molecule has 0 aliphatic carbocycles. The number of nitrogens with one attached hydrogen (secondary N) is 1. The van der Waals surface area contributed by atoms with Crippen LogP contribution in [-0.4, -0.2) is 55.1 Å². The molecule has 5 nitrogen and oxygen atoms in total. The number of benzene rings is 1. The predicted molar refractivity (Wildman–Crippen MR) is 110 cm³/mol. The van der Waals surface area contributed by atoms with Gasteiger partial charge in [0, 0.05) is 39.3 Å². The smallest absolute Gasteiger partial charge is 0.261 e. The average Bonchev–Trinajstić information content (AvgIpc) is 3.31. The van der Waals surface area contributed by atoms with E-state index in [1.165, 1.54) is 21.6 Å². The number of amides is 1. The molecule has 1 amide bonds. The highest BCUT2D eigenvalue weighted by Crippen LogP contribution is 2.29. The first-order valence-electron chi connectivity index (χ1n) is 8.85. The minimum atomic E-state index is 0.0309. The van der Waals surface area contributed by atoms with E-state index in [9.17, 15) is 4.79 Å². The molecule has 2 aromatic heterocycles. The van der Waals surface area contributed by atoms with E-state index in [-0.39, 0.29) is 5.91 Å². The summed E-state index contributed by atoms with van der Waals surface area (Å²) in [5, 5.41) is 6.05. The minimum Gasteiger partial charge on any atom is -0.350 e. The van der Waals surface area contributed by atoms with Gasteiger partial charge in [0.15, 0.2) is 5.13 Å². The summed E-state index contributed by atoms with van der Waals surface area (Å²) in [5.74, 6) is 0.0309. The largest absolute Gasteiger partial charge is 0.350 e. The number of aromatic nitrogens is 1. The Hall–Kier alpha value is -1.96.